The number of hydrogen-bond donors (Lipinski definition) is 0. The predicted octanol–water partition coefficient (Wildman–Crippen LogP) is 20.1. The summed E-state index contributed by atoms with van der Waals surface area (Å²) < 4.78 is 116. The third-order valence-corrected chi connectivity index (χ3v) is 17.4. The topological polar surface area (TPSA) is 48.4 Å². The van der Waals surface area contributed by atoms with Crippen LogP contribution in [0.5, 0.6) is 0 Å². The van der Waals surface area contributed by atoms with Crippen LogP contribution in [0.2, 0.25) is 0 Å². The van der Waals surface area contributed by atoms with Gasteiger partial charge in [0.15, 0.2) is 0 Å². The van der Waals surface area contributed by atoms with Crippen molar-refractivity contribution in [3.8, 4) is 34.5 Å². The molecular weight excluding hydrogens is 1010 g/mol. The summed E-state index contributed by atoms with van der Waals surface area (Å²) in [4.78, 5) is 0. The first kappa shape index (κ1) is 37.8. The lowest BCUT2D eigenvalue weighted by Crippen LogP contribution is -2.19. The van der Waals surface area contributed by atoms with Crippen molar-refractivity contribution in [3.63, 3.8) is 0 Å². The number of hydrogen-bond acceptors (Lipinski definition) is 1. The molecule has 11 aromatic carbocycles. The molecular formula is C77H60N6. The molecule has 6 heteroatoms. The molecule has 0 aliphatic rings. The number of nitriles is 1. The van der Waals surface area contributed by atoms with E-state index in [1.165, 1.54) is 0 Å². The number of aryl methyl sites for hydroxylation is 10. The maximum Gasteiger partial charge on any atom is 0.105 e. The van der Waals surface area contributed by atoms with Gasteiger partial charge in [-0.1, -0.05) is 116 Å². The molecule has 83 heavy (non-hydrogen) atoms. The molecule has 0 atom stereocenters. The van der Waals surface area contributed by atoms with E-state index in [9.17, 15) is 5.26 Å². The Bertz CT molecular complexity index is 5940. The Hall–Kier alpha value is -10.1. The van der Waals surface area contributed by atoms with Gasteiger partial charge in [-0.15, -0.1) is 0 Å². The van der Waals surface area contributed by atoms with Crippen molar-refractivity contribution >= 4 is 109 Å². The fourth-order valence-electron chi connectivity index (χ4n) is 13.9. The van der Waals surface area contributed by atoms with Crippen molar-refractivity contribution in [2.75, 3.05) is 0 Å². The van der Waals surface area contributed by atoms with Crippen LogP contribution in [0.25, 0.3) is 137 Å². The van der Waals surface area contributed by atoms with Gasteiger partial charge in [-0.3, -0.25) is 0 Å². The molecule has 0 saturated carbocycles. The molecule has 0 aliphatic carbocycles. The summed E-state index contributed by atoms with van der Waals surface area (Å²) in [5.41, 5.74) is 15.3. The van der Waals surface area contributed by atoms with Gasteiger partial charge in [0.25, 0.3) is 0 Å². The molecule has 5 heterocycles. The van der Waals surface area contributed by atoms with Crippen LogP contribution >= 0.6 is 0 Å². The lowest BCUT2D eigenvalue weighted by atomic mass is 10.0. The standard InChI is InChI=1S/C77H60N6/c1-42-11-21-63-52(31-42)53-32-43(2)12-22-64(53)79(63)73-62(41-78)74(80-65-23-13-44(3)33-54(65)55-34-45(4)14-24-66(55)80)76(82-69-27-17-48(7)37-58(69)59-38-49(8)18-28-70(59)82)77(83-71-29-19-50(9)39-60(71)61-40-51(10)20-30-72(61)83)75(73)81-67-25-15-46(5)35-56(67)57-36-47(6)16-26-68(57)81/h11-40H,1-10H3/i1D3,2D3,3D3,5D3. The summed E-state index contributed by atoms with van der Waals surface area (Å²) in [5.74, 6) is 0. The number of aromatic nitrogens is 5. The van der Waals surface area contributed by atoms with E-state index < -0.39 is 27.4 Å². The van der Waals surface area contributed by atoms with Crippen molar-refractivity contribution in [2.45, 2.75) is 68.9 Å². The molecule has 0 N–H and O–H groups in total. The second-order valence-electron chi connectivity index (χ2n) is 23.0. The lowest BCUT2D eigenvalue weighted by molar-refractivity contribution is 0.992. The maximum absolute atomic E-state index is 13.4. The fourth-order valence-corrected chi connectivity index (χ4v) is 13.9. The molecule has 6 nitrogen and oxygen atoms in total. The minimum absolute atomic E-state index is 0.0216. The van der Waals surface area contributed by atoms with Crippen LogP contribution in [0, 0.1) is 80.3 Å². The van der Waals surface area contributed by atoms with E-state index in [1.54, 1.807) is 60.7 Å². The second kappa shape index (κ2) is 17.5. The highest BCUT2D eigenvalue weighted by Crippen LogP contribution is 2.52. The SMILES string of the molecule is [2H]C([2H])([2H])c1ccc2c(c1)c1cc(C)ccc1n2-c1c(C#N)c(-n2c3ccc(C([2H])([2H])[2H])cc3c3cc(C([2H])([2H])[2H])ccc32)c(-n2c3ccc(C)cc3c3cc(C([2H])([2H])[2H])ccc32)c(-n2c3ccc(C)cc3c3cc(C)ccc32)c1-n1c2ccc(C)cc2c2cc(C)ccc21. The molecule has 0 spiro atoms. The van der Waals surface area contributed by atoms with E-state index >= 15 is 0 Å². The molecule has 0 unspecified atom stereocenters. The first-order valence-corrected chi connectivity index (χ1v) is 28.0. The highest BCUT2D eigenvalue weighted by atomic mass is 15.2. The van der Waals surface area contributed by atoms with Crippen LogP contribution in [-0.4, -0.2) is 22.8 Å². The number of benzene rings is 11. The third kappa shape index (κ3) is 6.89. The van der Waals surface area contributed by atoms with Crippen LogP contribution in [0.3, 0.4) is 0 Å². The summed E-state index contributed by atoms with van der Waals surface area (Å²) in [6.45, 7) is 2.08. The van der Waals surface area contributed by atoms with Gasteiger partial charge < -0.3 is 22.8 Å². The van der Waals surface area contributed by atoms with Crippen molar-refractivity contribution in [1.82, 2.24) is 22.8 Å². The minimum atomic E-state index is -2.59. The van der Waals surface area contributed by atoms with Crippen molar-refractivity contribution in [1.29, 1.82) is 5.26 Å². The average molecular weight is 1080 g/mol. The molecule has 0 saturated heterocycles. The summed E-state index contributed by atoms with van der Waals surface area (Å²) in [5, 5.41) is 20.7. The molecule has 0 fully saturated rings. The Morgan fingerprint density at radius 2 is 0.398 bits per heavy atom. The van der Waals surface area contributed by atoms with Crippen molar-refractivity contribution < 1.29 is 16.4 Å². The van der Waals surface area contributed by atoms with Gasteiger partial charge >= 0.3 is 0 Å². The van der Waals surface area contributed by atoms with Crippen LogP contribution < -0.4 is 0 Å². The Morgan fingerprint density at radius 1 is 0.241 bits per heavy atom. The summed E-state index contributed by atoms with van der Waals surface area (Å²) >= 11 is 0. The first-order chi connectivity index (χ1) is 45.1. The normalized spacial score (nSPS) is 15.0. The van der Waals surface area contributed by atoms with Gasteiger partial charge in [0, 0.05) is 70.3 Å². The van der Waals surface area contributed by atoms with Gasteiger partial charge in [0.2, 0.25) is 0 Å². The van der Waals surface area contributed by atoms with Crippen LogP contribution in [0.4, 0.5) is 0 Å². The highest BCUT2D eigenvalue weighted by molar-refractivity contribution is 6.18. The van der Waals surface area contributed by atoms with Gasteiger partial charge in [0.05, 0.1) is 83.6 Å². The monoisotopic (exact) mass is 1080 g/mol. The second-order valence-corrected chi connectivity index (χ2v) is 23.0. The van der Waals surface area contributed by atoms with Gasteiger partial charge in [0.1, 0.15) is 11.6 Å². The first-order valence-electron chi connectivity index (χ1n) is 34.0. The molecule has 0 bridgehead atoms. The molecule has 0 aliphatic heterocycles. The zero-order chi connectivity index (χ0) is 66.6. The summed E-state index contributed by atoms with van der Waals surface area (Å²) in [7, 11) is 0. The third-order valence-electron chi connectivity index (χ3n) is 17.4. The van der Waals surface area contributed by atoms with E-state index in [-0.39, 0.29) is 27.8 Å². The van der Waals surface area contributed by atoms with E-state index in [2.05, 4.69) is 137 Å². The van der Waals surface area contributed by atoms with Gasteiger partial charge in [-0.25, -0.2) is 0 Å². The maximum atomic E-state index is 13.4. The average Bonchev–Trinajstić information content (AvgIpc) is 1.58. The van der Waals surface area contributed by atoms with Crippen LogP contribution in [0.1, 0.15) is 77.6 Å². The minimum Gasteiger partial charge on any atom is -0.306 e. The Kier molecular flexibility index (Phi) is 7.94. The number of fused-ring (bicyclic) bond motifs is 15. The highest BCUT2D eigenvalue weighted by Gasteiger charge is 2.36. The number of rotatable bonds is 5. The molecule has 16 rings (SSSR count). The molecule has 5 aromatic heterocycles. The smallest absolute Gasteiger partial charge is 0.105 e. The number of nitrogens with zero attached hydrogens (tertiary/aromatic N) is 6. The molecule has 0 amide bonds. The molecule has 0 radical (unpaired) electrons. The van der Waals surface area contributed by atoms with E-state index in [0.717, 1.165) is 87.8 Å². The van der Waals surface area contributed by atoms with Crippen molar-refractivity contribution in [2.24, 2.45) is 0 Å². The van der Waals surface area contributed by atoms with Crippen LogP contribution in [0.15, 0.2) is 182 Å². The quantitative estimate of drug-likeness (QED) is 0.169. The molecule has 16 aromatic rings. The fraction of sp³-hybridized carbons (Fsp3) is 0.130. The van der Waals surface area contributed by atoms with Gasteiger partial charge in [-0.05, 0) is 190 Å². The Morgan fingerprint density at radius 3 is 0.578 bits per heavy atom. The predicted molar refractivity (Wildman–Crippen MR) is 350 cm³/mol. The Balaban J connectivity index is 1.30. The van der Waals surface area contributed by atoms with Gasteiger partial charge in [-0.2, -0.15) is 5.26 Å². The van der Waals surface area contributed by atoms with Crippen molar-refractivity contribution in [3.05, 3.63) is 243 Å². The molecule has 398 valence electrons. The Labute approximate surface area is 498 Å². The summed E-state index contributed by atoms with van der Waals surface area (Å²) in [6, 6.07) is 61.0. The van der Waals surface area contributed by atoms with E-state index in [1.807, 2.05) is 54.8 Å². The zero-order valence-electron chi connectivity index (χ0n) is 58.5. The lowest BCUT2D eigenvalue weighted by Gasteiger charge is -2.30. The summed E-state index contributed by atoms with van der Waals surface area (Å²) in [6.07, 6.45) is 0. The van der Waals surface area contributed by atoms with E-state index in [0.29, 0.717) is 83.1 Å². The largest absolute Gasteiger partial charge is 0.306 e. The van der Waals surface area contributed by atoms with Crippen LogP contribution in [-0.2, 0) is 0 Å². The van der Waals surface area contributed by atoms with E-state index in [4.69, 9.17) is 16.4 Å². The zero-order valence-corrected chi connectivity index (χ0v) is 46.5.